The zero-order valence-corrected chi connectivity index (χ0v) is 18.9. The van der Waals surface area contributed by atoms with Crippen molar-refractivity contribution in [1.29, 1.82) is 0 Å². The number of phenolic OH excluding ortho intramolecular Hbond substituents is 1. The van der Waals surface area contributed by atoms with E-state index in [1.165, 1.54) is 0 Å². The van der Waals surface area contributed by atoms with Crippen molar-refractivity contribution in [2.24, 2.45) is 5.10 Å². The maximum atomic E-state index is 10.5. The summed E-state index contributed by atoms with van der Waals surface area (Å²) in [4.78, 5) is 0. The van der Waals surface area contributed by atoms with Crippen LogP contribution in [-0.4, -0.2) is 28.0 Å². The van der Waals surface area contributed by atoms with E-state index < -0.39 is 0 Å². The molecule has 2 N–H and O–H groups in total. The van der Waals surface area contributed by atoms with Crippen molar-refractivity contribution in [3.8, 4) is 11.5 Å². The molecule has 0 fully saturated rings. The van der Waals surface area contributed by atoms with Crippen LogP contribution in [0.1, 0.15) is 23.6 Å². The van der Waals surface area contributed by atoms with E-state index in [0.29, 0.717) is 22.8 Å². The first-order valence-electron chi connectivity index (χ1n) is 10.7. The van der Waals surface area contributed by atoms with Crippen molar-refractivity contribution in [3.05, 3.63) is 102 Å². The van der Waals surface area contributed by atoms with Crippen molar-refractivity contribution in [2.45, 2.75) is 12.5 Å². The van der Waals surface area contributed by atoms with E-state index in [4.69, 9.17) is 22.1 Å². The van der Waals surface area contributed by atoms with E-state index in [1.807, 2.05) is 59.6 Å². The third-order valence-corrected chi connectivity index (χ3v) is 6.15. The highest BCUT2D eigenvalue weighted by Crippen LogP contribution is 2.38. The third-order valence-electron chi connectivity index (χ3n) is 5.86. The van der Waals surface area contributed by atoms with Crippen LogP contribution in [0.4, 0.5) is 5.69 Å². The molecule has 6 heteroatoms. The Hall–Kier alpha value is -3.90. The van der Waals surface area contributed by atoms with Gasteiger partial charge in [0.25, 0.3) is 0 Å². The van der Waals surface area contributed by atoms with Crippen LogP contribution in [0.25, 0.3) is 10.8 Å². The second-order valence-corrected chi connectivity index (χ2v) is 8.21. The fourth-order valence-electron chi connectivity index (χ4n) is 4.28. The molecule has 4 aromatic rings. The normalized spacial score (nSPS) is 15.4. The quantitative estimate of drug-likeness (QED) is 0.366. The lowest BCUT2D eigenvalue weighted by Gasteiger charge is -2.26. The zero-order chi connectivity index (χ0) is 22.8. The van der Waals surface area contributed by atoms with Gasteiger partial charge in [-0.3, -0.25) is 0 Å². The Morgan fingerprint density at radius 1 is 0.970 bits per heavy atom. The predicted molar refractivity (Wildman–Crippen MR) is 137 cm³/mol. The molecule has 0 spiro atoms. The summed E-state index contributed by atoms with van der Waals surface area (Å²) in [7, 11) is 1.63. The minimum absolute atomic E-state index is 0.125. The second kappa shape index (κ2) is 8.92. The molecule has 0 bridgehead atoms. The van der Waals surface area contributed by atoms with E-state index in [0.717, 1.165) is 27.7 Å². The standard InChI is InChI=1S/C27H23N3O2S/c1-32-26-16-7-5-14-22(26)28-27(33)30-24(17-23(29-30)21-12-4-6-15-25(21)31)20-13-8-10-18-9-2-3-11-19(18)20/h2-16,24,31H,17H2,1H3,(H,28,33). The Morgan fingerprint density at radius 2 is 1.70 bits per heavy atom. The highest BCUT2D eigenvalue weighted by molar-refractivity contribution is 7.80. The summed E-state index contributed by atoms with van der Waals surface area (Å²) >= 11 is 5.83. The molecule has 0 saturated carbocycles. The molecule has 1 atom stereocenters. The monoisotopic (exact) mass is 453 g/mol. The average molecular weight is 454 g/mol. The Bertz CT molecular complexity index is 1360. The number of methoxy groups -OCH3 is 1. The van der Waals surface area contributed by atoms with Crippen LogP contribution in [0.15, 0.2) is 96.1 Å². The number of hydrazone groups is 1. The molecule has 1 heterocycles. The van der Waals surface area contributed by atoms with Crippen LogP contribution in [0, 0.1) is 0 Å². The highest BCUT2D eigenvalue weighted by atomic mass is 32.1. The molecule has 0 saturated heterocycles. The van der Waals surface area contributed by atoms with Crippen LogP contribution in [-0.2, 0) is 0 Å². The molecule has 0 radical (unpaired) electrons. The number of hydrogen-bond acceptors (Lipinski definition) is 4. The second-order valence-electron chi connectivity index (χ2n) is 7.83. The number of nitrogens with one attached hydrogen (secondary N) is 1. The molecule has 1 unspecified atom stereocenters. The van der Waals surface area contributed by atoms with Crippen molar-refractivity contribution in [3.63, 3.8) is 0 Å². The maximum Gasteiger partial charge on any atom is 0.194 e. The number of para-hydroxylation sites is 3. The van der Waals surface area contributed by atoms with Gasteiger partial charge in [-0.15, -0.1) is 0 Å². The van der Waals surface area contributed by atoms with Gasteiger partial charge in [0.2, 0.25) is 0 Å². The summed E-state index contributed by atoms with van der Waals surface area (Å²) in [6.45, 7) is 0. The lowest BCUT2D eigenvalue weighted by atomic mass is 9.94. The molecular formula is C27H23N3O2S. The molecule has 4 aromatic carbocycles. The fraction of sp³-hybridized carbons (Fsp3) is 0.111. The molecule has 1 aliphatic rings. The molecule has 0 amide bonds. The zero-order valence-electron chi connectivity index (χ0n) is 18.1. The van der Waals surface area contributed by atoms with Gasteiger partial charge in [-0.05, 0) is 52.8 Å². The van der Waals surface area contributed by atoms with Gasteiger partial charge in [0.05, 0.1) is 24.6 Å². The number of ether oxygens (including phenoxy) is 1. The largest absolute Gasteiger partial charge is 0.507 e. The van der Waals surface area contributed by atoms with Crippen LogP contribution in [0.2, 0.25) is 0 Å². The lowest BCUT2D eigenvalue weighted by molar-refractivity contribution is 0.377. The average Bonchev–Trinajstić information content (AvgIpc) is 3.29. The smallest absolute Gasteiger partial charge is 0.194 e. The first-order valence-corrected chi connectivity index (χ1v) is 11.1. The summed E-state index contributed by atoms with van der Waals surface area (Å²) in [6, 6.07) is 29.4. The number of anilines is 1. The summed E-state index contributed by atoms with van der Waals surface area (Å²) in [5.74, 6) is 0.907. The molecule has 0 aliphatic carbocycles. The summed E-state index contributed by atoms with van der Waals surface area (Å²) in [6.07, 6.45) is 0.610. The molecule has 33 heavy (non-hydrogen) atoms. The summed E-state index contributed by atoms with van der Waals surface area (Å²) in [5.41, 5.74) is 3.40. The number of nitrogens with zero attached hydrogens (tertiary/aromatic N) is 2. The SMILES string of the molecule is COc1ccccc1NC(=S)N1N=C(c2ccccc2O)CC1c1cccc2ccccc12. The number of hydrogen-bond donors (Lipinski definition) is 2. The topological polar surface area (TPSA) is 57.1 Å². The van der Waals surface area contributed by atoms with E-state index >= 15 is 0 Å². The highest BCUT2D eigenvalue weighted by Gasteiger charge is 2.33. The Kier molecular flexibility index (Phi) is 5.67. The molecule has 1 aliphatic heterocycles. The van der Waals surface area contributed by atoms with Gasteiger partial charge in [-0.1, -0.05) is 66.7 Å². The summed E-state index contributed by atoms with van der Waals surface area (Å²) in [5, 5.41) is 23.3. The van der Waals surface area contributed by atoms with Crippen LogP contribution in [0.3, 0.4) is 0 Å². The predicted octanol–water partition coefficient (Wildman–Crippen LogP) is 6.10. The van der Waals surface area contributed by atoms with E-state index in [9.17, 15) is 5.11 Å². The van der Waals surface area contributed by atoms with Crippen molar-refractivity contribution >= 4 is 39.5 Å². The number of rotatable bonds is 4. The van der Waals surface area contributed by atoms with Gasteiger partial charge < -0.3 is 15.2 Å². The fourth-order valence-corrected chi connectivity index (χ4v) is 4.56. The van der Waals surface area contributed by atoms with E-state index in [-0.39, 0.29) is 11.8 Å². The molecule has 5 nitrogen and oxygen atoms in total. The third kappa shape index (κ3) is 4.01. The van der Waals surface area contributed by atoms with Gasteiger partial charge >= 0.3 is 0 Å². The van der Waals surface area contributed by atoms with Gasteiger partial charge in [-0.2, -0.15) is 5.10 Å². The lowest BCUT2D eigenvalue weighted by Crippen LogP contribution is -2.31. The van der Waals surface area contributed by atoms with Gasteiger partial charge in [0.1, 0.15) is 11.5 Å². The van der Waals surface area contributed by atoms with Crippen LogP contribution in [0.5, 0.6) is 11.5 Å². The number of benzene rings is 4. The molecule has 0 aromatic heterocycles. The van der Waals surface area contributed by atoms with Crippen molar-refractivity contribution < 1.29 is 9.84 Å². The first kappa shape index (κ1) is 21.0. The molecule has 164 valence electrons. The first-order chi connectivity index (χ1) is 16.2. The summed E-state index contributed by atoms with van der Waals surface area (Å²) < 4.78 is 5.47. The van der Waals surface area contributed by atoms with Crippen LogP contribution < -0.4 is 10.1 Å². The van der Waals surface area contributed by atoms with Gasteiger partial charge in [-0.25, -0.2) is 5.01 Å². The van der Waals surface area contributed by atoms with E-state index in [2.05, 4.69) is 35.6 Å². The molecular weight excluding hydrogens is 430 g/mol. The number of fused-ring (bicyclic) bond motifs is 1. The Balaban J connectivity index is 1.57. The number of aromatic hydroxyl groups is 1. The van der Waals surface area contributed by atoms with Gasteiger partial charge in [0, 0.05) is 12.0 Å². The van der Waals surface area contributed by atoms with E-state index in [1.54, 1.807) is 13.2 Å². The maximum absolute atomic E-state index is 10.5. The van der Waals surface area contributed by atoms with Gasteiger partial charge in [0.15, 0.2) is 5.11 Å². The minimum Gasteiger partial charge on any atom is -0.507 e. The molecule has 5 rings (SSSR count). The Labute approximate surface area is 197 Å². The van der Waals surface area contributed by atoms with Crippen LogP contribution >= 0.6 is 12.2 Å². The van der Waals surface area contributed by atoms with Crippen molar-refractivity contribution in [1.82, 2.24) is 5.01 Å². The Morgan fingerprint density at radius 3 is 2.55 bits per heavy atom. The van der Waals surface area contributed by atoms with Crippen molar-refractivity contribution in [2.75, 3.05) is 12.4 Å². The number of thiocarbonyl (C=S) groups is 1. The number of phenols is 1. The minimum atomic E-state index is -0.125.